The van der Waals surface area contributed by atoms with Crippen molar-refractivity contribution in [2.24, 2.45) is 0 Å². The summed E-state index contributed by atoms with van der Waals surface area (Å²) in [6.07, 6.45) is 0.389. The van der Waals surface area contributed by atoms with Crippen LogP contribution in [0.1, 0.15) is 22.8 Å². The van der Waals surface area contributed by atoms with Crippen molar-refractivity contribution in [2.45, 2.75) is 12.3 Å². The third-order valence-corrected chi connectivity index (χ3v) is 5.53. The number of hydrogen-bond donors (Lipinski definition) is 2. The van der Waals surface area contributed by atoms with E-state index >= 15 is 0 Å². The van der Waals surface area contributed by atoms with E-state index in [1.807, 2.05) is 48.5 Å². The first-order valence-electron chi connectivity index (χ1n) is 8.28. The van der Waals surface area contributed by atoms with Crippen LogP contribution in [0.4, 0.5) is 16.6 Å². The Morgan fingerprint density at radius 1 is 1.12 bits per heavy atom. The molecule has 1 amide bonds. The lowest BCUT2D eigenvalue weighted by Gasteiger charge is -2.21. The highest BCUT2D eigenvalue weighted by Gasteiger charge is 2.31. The summed E-state index contributed by atoms with van der Waals surface area (Å²) >= 11 is 1.56. The van der Waals surface area contributed by atoms with Crippen LogP contribution in [-0.4, -0.2) is 17.7 Å². The van der Waals surface area contributed by atoms with Gasteiger partial charge in [0.25, 0.3) is 0 Å². The average Bonchev–Trinajstić information content (AvgIpc) is 3.27. The standard InChI is InChI=1S/C19H15N3O3S/c23-16-9-13(11-6-7-14-15(8-11)25-10-24-14)17-18(21-16)22-19(26-17)20-12-4-2-1-3-5-12/h1-8,13H,9-10H2,(H,20,22)(H,21,23)/t13-/m0/s1. The maximum atomic E-state index is 12.2. The van der Waals surface area contributed by atoms with Gasteiger partial charge in [-0.1, -0.05) is 35.6 Å². The number of ether oxygens (including phenoxy) is 2. The molecule has 130 valence electrons. The van der Waals surface area contributed by atoms with Gasteiger partial charge in [-0.3, -0.25) is 4.79 Å². The van der Waals surface area contributed by atoms with Crippen LogP contribution in [0, 0.1) is 0 Å². The smallest absolute Gasteiger partial charge is 0.231 e. The Kier molecular flexibility index (Phi) is 3.53. The van der Waals surface area contributed by atoms with Gasteiger partial charge in [0, 0.05) is 18.0 Å². The molecule has 5 rings (SSSR count). The van der Waals surface area contributed by atoms with Gasteiger partial charge in [0.2, 0.25) is 12.7 Å². The van der Waals surface area contributed by atoms with Crippen molar-refractivity contribution < 1.29 is 14.3 Å². The monoisotopic (exact) mass is 365 g/mol. The van der Waals surface area contributed by atoms with Crippen LogP contribution in [0.3, 0.4) is 0 Å². The number of nitrogens with one attached hydrogen (secondary N) is 2. The van der Waals surface area contributed by atoms with Crippen molar-refractivity contribution in [3.8, 4) is 11.5 Å². The molecule has 0 radical (unpaired) electrons. The second-order valence-electron chi connectivity index (χ2n) is 6.14. The van der Waals surface area contributed by atoms with E-state index < -0.39 is 0 Å². The molecule has 0 spiro atoms. The maximum Gasteiger partial charge on any atom is 0.231 e. The second kappa shape index (κ2) is 6.03. The van der Waals surface area contributed by atoms with Crippen LogP contribution < -0.4 is 20.1 Å². The Balaban J connectivity index is 1.50. The molecule has 0 aliphatic carbocycles. The third-order valence-electron chi connectivity index (χ3n) is 4.44. The fourth-order valence-electron chi connectivity index (χ4n) is 3.22. The predicted molar refractivity (Wildman–Crippen MR) is 99.5 cm³/mol. The first-order valence-corrected chi connectivity index (χ1v) is 9.10. The van der Waals surface area contributed by atoms with E-state index in [-0.39, 0.29) is 18.6 Å². The van der Waals surface area contributed by atoms with Gasteiger partial charge in [0.05, 0.1) is 4.88 Å². The molecule has 0 unspecified atom stereocenters. The van der Waals surface area contributed by atoms with Crippen LogP contribution in [0.5, 0.6) is 11.5 Å². The number of nitrogens with zero attached hydrogens (tertiary/aromatic N) is 1. The van der Waals surface area contributed by atoms with Crippen molar-refractivity contribution in [1.29, 1.82) is 0 Å². The first-order chi connectivity index (χ1) is 12.8. The summed E-state index contributed by atoms with van der Waals surface area (Å²) in [5.41, 5.74) is 1.99. The van der Waals surface area contributed by atoms with E-state index in [2.05, 4.69) is 15.6 Å². The molecule has 26 heavy (non-hydrogen) atoms. The fourth-order valence-corrected chi connectivity index (χ4v) is 4.29. The minimum Gasteiger partial charge on any atom is -0.454 e. The number of amides is 1. The topological polar surface area (TPSA) is 72.5 Å². The van der Waals surface area contributed by atoms with Crippen LogP contribution in [-0.2, 0) is 4.79 Å². The molecular weight excluding hydrogens is 350 g/mol. The minimum absolute atomic E-state index is 0.0308. The summed E-state index contributed by atoms with van der Waals surface area (Å²) in [6.45, 7) is 0.237. The highest BCUT2D eigenvalue weighted by molar-refractivity contribution is 7.16. The molecule has 6 nitrogen and oxygen atoms in total. The number of carbonyl (C=O) groups excluding carboxylic acids is 1. The van der Waals surface area contributed by atoms with E-state index in [1.165, 1.54) is 0 Å². The molecule has 3 heterocycles. The quantitative estimate of drug-likeness (QED) is 0.731. The lowest BCUT2D eigenvalue weighted by atomic mass is 9.91. The molecule has 3 aromatic rings. The van der Waals surface area contributed by atoms with Crippen LogP contribution in [0.15, 0.2) is 48.5 Å². The van der Waals surface area contributed by atoms with Crippen molar-refractivity contribution >= 4 is 33.9 Å². The van der Waals surface area contributed by atoms with Gasteiger partial charge < -0.3 is 20.1 Å². The molecule has 0 fully saturated rings. The zero-order chi connectivity index (χ0) is 17.5. The van der Waals surface area contributed by atoms with Gasteiger partial charge in [-0.15, -0.1) is 0 Å². The van der Waals surface area contributed by atoms with Gasteiger partial charge in [-0.05, 0) is 29.8 Å². The number of para-hydroxylation sites is 1. The molecule has 7 heteroatoms. The Labute approximate surface area is 153 Å². The summed E-state index contributed by atoms with van der Waals surface area (Å²) in [4.78, 5) is 17.8. The molecule has 1 atom stereocenters. The summed E-state index contributed by atoms with van der Waals surface area (Å²) < 4.78 is 10.9. The number of aromatic nitrogens is 1. The maximum absolute atomic E-state index is 12.2. The Morgan fingerprint density at radius 3 is 2.85 bits per heavy atom. The molecule has 2 aliphatic rings. The van der Waals surface area contributed by atoms with Crippen molar-refractivity contribution in [3.05, 3.63) is 59.0 Å². The van der Waals surface area contributed by atoms with E-state index in [9.17, 15) is 4.79 Å². The van der Waals surface area contributed by atoms with Gasteiger partial charge in [-0.2, -0.15) is 0 Å². The number of fused-ring (bicyclic) bond motifs is 2. The highest BCUT2D eigenvalue weighted by Crippen LogP contribution is 2.45. The zero-order valence-corrected chi connectivity index (χ0v) is 14.5. The summed E-state index contributed by atoms with van der Waals surface area (Å²) in [5, 5.41) is 6.94. The van der Waals surface area contributed by atoms with Crippen LogP contribution in [0.2, 0.25) is 0 Å². The molecule has 2 aliphatic heterocycles. The number of benzene rings is 2. The number of thiazole rings is 1. The third kappa shape index (κ3) is 2.66. The second-order valence-corrected chi connectivity index (χ2v) is 7.17. The fraction of sp³-hybridized carbons (Fsp3) is 0.158. The van der Waals surface area contributed by atoms with Crippen molar-refractivity contribution in [3.63, 3.8) is 0 Å². The number of carbonyl (C=O) groups is 1. The summed E-state index contributed by atoms with van der Waals surface area (Å²) in [7, 11) is 0. The Bertz CT molecular complexity index is 987. The molecule has 0 saturated carbocycles. The van der Waals surface area contributed by atoms with Gasteiger partial charge in [0.1, 0.15) is 5.82 Å². The van der Waals surface area contributed by atoms with Gasteiger partial charge in [-0.25, -0.2) is 4.98 Å². The molecule has 0 saturated heterocycles. The SMILES string of the molecule is O=C1C[C@@H](c2ccc3c(c2)OCO3)c2sc(Nc3ccccc3)nc2N1. The lowest BCUT2D eigenvalue weighted by molar-refractivity contribution is -0.116. The van der Waals surface area contributed by atoms with Crippen molar-refractivity contribution in [1.82, 2.24) is 4.98 Å². The summed E-state index contributed by atoms with van der Waals surface area (Å²) in [6, 6.07) is 15.7. The molecule has 2 aromatic carbocycles. The molecule has 0 bridgehead atoms. The van der Waals surface area contributed by atoms with E-state index in [4.69, 9.17) is 9.47 Å². The Hall–Kier alpha value is -3.06. The minimum atomic E-state index is -0.0444. The summed E-state index contributed by atoms with van der Waals surface area (Å²) in [5.74, 6) is 2.02. The predicted octanol–water partition coefficient (Wildman–Crippen LogP) is 4.09. The molecule has 2 N–H and O–H groups in total. The first kappa shape index (κ1) is 15.2. The van der Waals surface area contributed by atoms with Crippen LogP contribution in [0.25, 0.3) is 0 Å². The zero-order valence-electron chi connectivity index (χ0n) is 13.7. The van der Waals surface area contributed by atoms with Crippen molar-refractivity contribution in [2.75, 3.05) is 17.4 Å². The normalized spacial score (nSPS) is 17.5. The lowest BCUT2D eigenvalue weighted by Crippen LogP contribution is -2.22. The van der Waals surface area contributed by atoms with E-state index in [0.717, 1.165) is 32.8 Å². The number of anilines is 3. The molecular formula is C19H15N3O3S. The highest BCUT2D eigenvalue weighted by atomic mass is 32.1. The van der Waals surface area contributed by atoms with E-state index in [0.29, 0.717) is 12.2 Å². The van der Waals surface area contributed by atoms with E-state index in [1.54, 1.807) is 11.3 Å². The largest absolute Gasteiger partial charge is 0.454 e. The number of rotatable bonds is 3. The Morgan fingerprint density at radius 2 is 1.96 bits per heavy atom. The number of hydrogen-bond acceptors (Lipinski definition) is 6. The van der Waals surface area contributed by atoms with Crippen LogP contribution >= 0.6 is 11.3 Å². The average molecular weight is 365 g/mol. The molecule has 1 aromatic heterocycles. The van der Waals surface area contributed by atoms with Gasteiger partial charge in [0.15, 0.2) is 16.6 Å². The van der Waals surface area contributed by atoms with Gasteiger partial charge >= 0.3 is 0 Å².